The normalized spacial score (nSPS) is 16.6. The molecule has 162 valence electrons. The number of aromatic amines is 1. The molecule has 1 aliphatic rings. The average molecular weight is 426 g/mol. The van der Waals surface area contributed by atoms with Gasteiger partial charge in [0.15, 0.2) is 5.78 Å². The van der Waals surface area contributed by atoms with Gasteiger partial charge in [0.25, 0.3) is 0 Å². The third kappa shape index (κ3) is 4.23. The number of benzene rings is 3. The maximum Gasteiger partial charge on any atom is 0.186 e. The molecule has 5 nitrogen and oxygen atoms in total. The van der Waals surface area contributed by atoms with Gasteiger partial charge in [-0.1, -0.05) is 78.9 Å². The van der Waals surface area contributed by atoms with Crippen molar-refractivity contribution in [2.75, 3.05) is 26.3 Å². The molecule has 2 heterocycles. The van der Waals surface area contributed by atoms with Gasteiger partial charge in [-0.25, -0.2) is 0 Å². The Morgan fingerprint density at radius 2 is 1.47 bits per heavy atom. The molecule has 0 amide bonds. The first kappa shape index (κ1) is 20.6. The van der Waals surface area contributed by atoms with Crippen molar-refractivity contribution in [3.05, 3.63) is 108 Å². The number of Topliss-reactive ketones (excluding diaryl/α,β-unsaturated/α-hetero) is 1. The quantitative estimate of drug-likeness (QED) is 0.421. The van der Waals surface area contributed by atoms with Gasteiger partial charge in [0.05, 0.1) is 25.4 Å². The fourth-order valence-corrected chi connectivity index (χ4v) is 4.44. The van der Waals surface area contributed by atoms with Crippen molar-refractivity contribution in [2.45, 2.75) is 12.2 Å². The number of nitrogens with zero attached hydrogens (tertiary/aromatic N) is 1. The van der Waals surface area contributed by atoms with E-state index >= 15 is 0 Å². The van der Waals surface area contributed by atoms with E-state index in [9.17, 15) is 4.79 Å². The number of aromatic nitrogens is 1. The number of hydrogen-bond acceptors (Lipinski definition) is 4. The number of ether oxygens (including phenoxy) is 1. The zero-order valence-electron chi connectivity index (χ0n) is 17.9. The van der Waals surface area contributed by atoms with Crippen LogP contribution in [-0.4, -0.2) is 42.0 Å². The van der Waals surface area contributed by atoms with E-state index in [0.29, 0.717) is 18.8 Å². The first-order chi connectivity index (χ1) is 15.8. The third-order valence-corrected chi connectivity index (χ3v) is 6.10. The van der Waals surface area contributed by atoms with Crippen LogP contribution in [0.5, 0.6) is 0 Å². The smallest absolute Gasteiger partial charge is 0.186 e. The summed E-state index contributed by atoms with van der Waals surface area (Å²) in [7, 11) is 0. The third-order valence-electron chi connectivity index (χ3n) is 6.10. The number of nitrogens with one attached hydrogen (secondary N) is 2. The number of carbonyl (C=O) groups is 1. The molecule has 32 heavy (non-hydrogen) atoms. The Kier molecular flexibility index (Phi) is 6.12. The van der Waals surface area contributed by atoms with E-state index in [2.05, 4.69) is 27.3 Å². The Morgan fingerprint density at radius 3 is 2.19 bits per heavy atom. The number of ketones is 1. The van der Waals surface area contributed by atoms with Crippen LogP contribution in [0.1, 0.15) is 33.7 Å². The topological polar surface area (TPSA) is 57.4 Å². The lowest BCUT2D eigenvalue weighted by atomic mass is 9.96. The standard InChI is InChI=1S/C27H27N3O2/c31-26(23-19-28-24-14-8-7-13-22(23)24)25(20-9-3-1-4-10-20)29-27(21-11-5-2-6-12-21)30-15-17-32-18-16-30/h1-14,19,25,27-29H,15-18H2. The van der Waals surface area contributed by atoms with Gasteiger partial charge in [-0.15, -0.1) is 0 Å². The molecule has 0 radical (unpaired) electrons. The predicted molar refractivity (Wildman–Crippen MR) is 127 cm³/mol. The lowest BCUT2D eigenvalue weighted by molar-refractivity contribution is 0.00547. The number of carbonyl (C=O) groups excluding carboxylic acids is 1. The van der Waals surface area contributed by atoms with E-state index in [1.807, 2.05) is 79.0 Å². The first-order valence-electron chi connectivity index (χ1n) is 11.1. The molecule has 2 N–H and O–H groups in total. The van der Waals surface area contributed by atoms with E-state index in [4.69, 9.17) is 4.74 Å². The van der Waals surface area contributed by atoms with E-state index in [1.54, 1.807) is 0 Å². The van der Waals surface area contributed by atoms with Crippen molar-refractivity contribution in [2.24, 2.45) is 0 Å². The molecule has 1 aliphatic heterocycles. The molecule has 5 heteroatoms. The summed E-state index contributed by atoms with van der Waals surface area (Å²) in [4.78, 5) is 19.6. The van der Waals surface area contributed by atoms with Crippen molar-refractivity contribution in [3.63, 3.8) is 0 Å². The number of fused-ring (bicyclic) bond motifs is 1. The second kappa shape index (κ2) is 9.49. The van der Waals surface area contributed by atoms with Gasteiger partial charge in [0.1, 0.15) is 0 Å². The molecule has 4 aromatic rings. The molecule has 0 spiro atoms. The van der Waals surface area contributed by atoms with Crippen LogP contribution >= 0.6 is 0 Å². The number of rotatable bonds is 7. The molecular formula is C27H27N3O2. The molecule has 0 bridgehead atoms. The molecule has 0 aliphatic carbocycles. The maximum atomic E-state index is 13.9. The maximum absolute atomic E-state index is 13.9. The summed E-state index contributed by atoms with van der Waals surface area (Å²) < 4.78 is 5.59. The number of morpholine rings is 1. The minimum atomic E-state index is -0.483. The van der Waals surface area contributed by atoms with Crippen LogP contribution in [0.2, 0.25) is 0 Å². The highest BCUT2D eigenvalue weighted by molar-refractivity contribution is 6.10. The van der Waals surface area contributed by atoms with Crippen molar-refractivity contribution in [1.82, 2.24) is 15.2 Å². The number of para-hydroxylation sites is 1. The minimum absolute atomic E-state index is 0.0582. The SMILES string of the molecule is O=C(c1c[nH]c2ccccc12)C(NC(c1ccccc1)N1CCOCC1)c1ccccc1. The number of hydrogen-bond donors (Lipinski definition) is 2. The summed E-state index contributed by atoms with van der Waals surface area (Å²) >= 11 is 0. The lowest BCUT2D eigenvalue weighted by Gasteiger charge is -2.37. The van der Waals surface area contributed by atoms with E-state index in [0.717, 1.165) is 35.1 Å². The summed E-state index contributed by atoms with van der Waals surface area (Å²) in [5, 5.41) is 4.66. The lowest BCUT2D eigenvalue weighted by Crippen LogP contribution is -2.47. The molecule has 3 aromatic carbocycles. The van der Waals surface area contributed by atoms with E-state index < -0.39 is 6.04 Å². The first-order valence-corrected chi connectivity index (χ1v) is 11.1. The molecule has 2 atom stereocenters. The van der Waals surface area contributed by atoms with Crippen LogP contribution in [0.25, 0.3) is 10.9 Å². The van der Waals surface area contributed by atoms with Crippen molar-refractivity contribution < 1.29 is 9.53 Å². The zero-order valence-corrected chi connectivity index (χ0v) is 17.9. The molecule has 1 fully saturated rings. The Morgan fingerprint density at radius 1 is 0.844 bits per heavy atom. The highest BCUT2D eigenvalue weighted by Crippen LogP contribution is 2.29. The average Bonchev–Trinajstić information content (AvgIpc) is 3.30. The zero-order chi connectivity index (χ0) is 21.8. The summed E-state index contributed by atoms with van der Waals surface area (Å²) in [6.07, 6.45) is 1.73. The summed E-state index contributed by atoms with van der Waals surface area (Å²) in [5.41, 5.74) is 3.77. The van der Waals surface area contributed by atoms with E-state index in [-0.39, 0.29) is 11.9 Å². The second-order valence-electron chi connectivity index (χ2n) is 8.08. The van der Waals surface area contributed by atoms with Gasteiger partial charge < -0.3 is 9.72 Å². The van der Waals surface area contributed by atoms with Gasteiger partial charge in [0.2, 0.25) is 0 Å². The van der Waals surface area contributed by atoms with Gasteiger partial charge in [-0.05, 0) is 17.2 Å². The summed E-state index contributed by atoms with van der Waals surface area (Å²) in [5.74, 6) is 0.0582. The van der Waals surface area contributed by atoms with Gasteiger partial charge in [0, 0.05) is 35.8 Å². The van der Waals surface area contributed by atoms with Crippen LogP contribution in [0, 0.1) is 0 Å². The minimum Gasteiger partial charge on any atom is -0.379 e. The van der Waals surface area contributed by atoms with Crippen LogP contribution < -0.4 is 5.32 Å². The highest BCUT2D eigenvalue weighted by Gasteiger charge is 2.30. The fraction of sp³-hybridized carbons (Fsp3) is 0.222. The van der Waals surface area contributed by atoms with Crippen molar-refractivity contribution >= 4 is 16.7 Å². The molecule has 0 saturated carbocycles. The van der Waals surface area contributed by atoms with Crippen molar-refractivity contribution in [1.29, 1.82) is 0 Å². The van der Waals surface area contributed by atoms with Crippen LogP contribution in [0.15, 0.2) is 91.1 Å². The number of H-pyrrole nitrogens is 1. The highest BCUT2D eigenvalue weighted by atomic mass is 16.5. The van der Waals surface area contributed by atoms with Gasteiger partial charge >= 0.3 is 0 Å². The molecule has 2 unspecified atom stereocenters. The molecule has 5 rings (SSSR count). The summed E-state index contributed by atoms with van der Waals surface area (Å²) in [6, 6.07) is 27.8. The van der Waals surface area contributed by atoms with E-state index in [1.165, 1.54) is 0 Å². The Hall–Kier alpha value is -3.25. The second-order valence-corrected chi connectivity index (χ2v) is 8.08. The monoisotopic (exact) mass is 425 g/mol. The molecule has 1 aromatic heterocycles. The summed E-state index contributed by atoms with van der Waals surface area (Å²) in [6.45, 7) is 3.01. The Labute approximate surface area is 188 Å². The van der Waals surface area contributed by atoms with Crippen LogP contribution in [0.3, 0.4) is 0 Å². The van der Waals surface area contributed by atoms with Gasteiger partial charge in [-0.3, -0.25) is 15.0 Å². The van der Waals surface area contributed by atoms with Crippen LogP contribution in [-0.2, 0) is 4.74 Å². The Balaban J connectivity index is 1.54. The largest absolute Gasteiger partial charge is 0.379 e. The predicted octanol–water partition coefficient (Wildman–Crippen LogP) is 4.71. The Bertz CT molecular complexity index is 1170. The van der Waals surface area contributed by atoms with Gasteiger partial charge in [-0.2, -0.15) is 0 Å². The van der Waals surface area contributed by atoms with Crippen molar-refractivity contribution in [3.8, 4) is 0 Å². The fourth-order valence-electron chi connectivity index (χ4n) is 4.44. The molecular weight excluding hydrogens is 398 g/mol. The van der Waals surface area contributed by atoms with Crippen LogP contribution in [0.4, 0.5) is 0 Å². The molecule has 1 saturated heterocycles.